The van der Waals surface area contributed by atoms with Gasteiger partial charge in [0, 0.05) is 32.7 Å². The lowest BCUT2D eigenvalue weighted by atomic mass is 9.66. The van der Waals surface area contributed by atoms with Crippen LogP contribution in [0, 0.1) is 49.4 Å². The van der Waals surface area contributed by atoms with E-state index in [4.69, 9.17) is 37.3 Å². The molecule has 0 amide bonds. The standard InChI is InChI=1S/C36H42O11.C16H16O3/c1-17-18(2)25(37)42-22-19(17)11-12-20-21(22)23(43-28(40)35-15-13-33(9,26(38)46-35)31(35,5)6)24(30(3,4)45-20)44-29(41)36-16-14-34(10,27(39)47-36)32(36,7)8;1-9-10(2)15(17)18-14-11(9)5-6-13-12(14)7-8-16(3,4)19-13/h11-12,23-24H,13-16H2,1-10H3;5-8H,1-4H3. The second kappa shape index (κ2) is 13.8. The Labute approximate surface area is 382 Å². The Kier molecular flexibility index (Phi) is 9.48. The second-order valence-electron chi connectivity index (χ2n) is 21.7. The summed E-state index contributed by atoms with van der Waals surface area (Å²) in [5.41, 5.74) is -4.75. The molecule has 10 rings (SSSR count). The van der Waals surface area contributed by atoms with Crippen molar-refractivity contribution in [3.63, 3.8) is 0 Å². The number of aryl methyl sites for hydroxylation is 2. The van der Waals surface area contributed by atoms with Gasteiger partial charge < -0.3 is 37.3 Å². The van der Waals surface area contributed by atoms with E-state index in [-0.39, 0.29) is 41.0 Å². The molecule has 0 N–H and O–H groups in total. The van der Waals surface area contributed by atoms with Crippen LogP contribution in [0.3, 0.4) is 0 Å². The van der Waals surface area contributed by atoms with E-state index in [0.29, 0.717) is 40.5 Å². The molecule has 4 bridgehead atoms. The van der Waals surface area contributed by atoms with Crippen LogP contribution in [0.25, 0.3) is 28.0 Å². The van der Waals surface area contributed by atoms with Crippen LogP contribution in [-0.4, -0.2) is 52.4 Å². The van der Waals surface area contributed by atoms with Crippen LogP contribution in [0.1, 0.15) is 134 Å². The van der Waals surface area contributed by atoms with Gasteiger partial charge in [0.1, 0.15) is 33.9 Å². The molecule has 0 radical (unpaired) electrons. The number of ether oxygens (including phenoxy) is 6. The predicted molar refractivity (Wildman–Crippen MR) is 241 cm³/mol. The topological polar surface area (TPSA) is 184 Å². The van der Waals surface area contributed by atoms with E-state index in [1.807, 2.05) is 72.8 Å². The second-order valence-corrected chi connectivity index (χ2v) is 21.7. The number of hydrogen-bond acceptors (Lipinski definition) is 14. The van der Waals surface area contributed by atoms with E-state index in [1.165, 1.54) is 0 Å². The van der Waals surface area contributed by atoms with Crippen molar-refractivity contribution in [3.05, 3.63) is 84.6 Å². The smallest absolute Gasteiger partial charge is 0.351 e. The normalized spacial score (nSPS) is 30.9. The van der Waals surface area contributed by atoms with Crippen molar-refractivity contribution in [2.45, 2.75) is 157 Å². The zero-order valence-corrected chi connectivity index (χ0v) is 40.2. The van der Waals surface area contributed by atoms with Crippen molar-refractivity contribution in [3.8, 4) is 11.5 Å². The minimum absolute atomic E-state index is 0.126. The summed E-state index contributed by atoms with van der Waals surface area (Å²) in [5.74, 6) is -1.49. The van der Waals surface area contributed by atoms with E-state index >= 15 is 0 Å². The first kappa shape index (κ1) is 45.2. The Hall–Kier alpha value is -5.92. The first-order valence-electron chi connectivity index (χ1n) is 22.6. The fourth-order valence-corrected chi connectivity index (χ4v) is 11.2. The lowest BCUT2D eigenvalue weighted by Gasteiger charge is -2.45. The minimum atomic E-state index is -1.59. The fourth-order valence-electron chi connectivity index (χ4n) is 11.2. The number of fused-ring (bicyclic) bond motifs is 10. The van der Waals surface area contributed by atoms with E-state index in [9.17, 15) is 28.8 Å². The molecular weight excluding hydrogens is 849 g/mol. The van der Waals surface area contributed by atoms with Crippen LogP contribution in [0.5, 0.6) is 11.5 Å². The van der Waals surface area contributed by atoms with Gasteiger partial charge in [-0.1, -0.05) is 27.7 Å². The molecule has 0 spiro atoms. The van der Waals surface area contributed by atoms with Crippen LogP contribution in [0.2, 0.25) is 0 Å². The van der Waals surface area contributed by atoms with E-state index in [0.717, 1.165) is 22.3 Å². The molecule has 4 aromatic rings. The molecular formula is C52H58O14. The van der Waals surface area contributed by atoms with Gasteiger partial charge in [0.25, 0.3) is 0 Å². The summed E-state index contributed by atoms with van der Waals surface area (Å²) < 4.78 is 48.0. The first-order chi connectivity index (χ1) is 30.5. The molecule has 14 heteroatoms. The SMILES string of the molecule is Cc1c(C)c2ccc3c(c2oc1=O)C(OC(=O)C12CCC(C)(C(=O)O1)C2(C)C)C(OC(=O)C12CCC(C)(C(=O)O1)C2(C)C)C(C)(C)O3.Cc1c(C)c2ccc3c(c2oc1=O)C=CC(C)(C)O3. The lowest BCUT2D eigenvalue weighted by molar-refractivity contribution is -0.217. The Morgan fingerprint density at radius 1 is 0.561 bits per heavy atom. The average molecular weight is 907 g/mol. The van der Waals surface area contributed by atoms with Crippen LogP contribution in [-0.2, 0) is 38.1 Å². The van der Waals surface area contributed by atoms with Gasteiger partial charge in [0.15, 0.2) is 12.2 Å². The maximum atomic E-state index is 14.5. The summed E-state index contributed by atoms with van der Waals surface area (Å²) >= 11 is 0. The van der Waals surface area contributed by atoms with Crippen molar-refractivity contribution < 1.29 is 56.4 Å². The molecule has 2 aliphatic carbocycles. The zero-order valence-electron chi connectivity index (χ0n) is 40.2. The molecule has 6 aliphatic rings. The first-order valence-corrected chi connectivity index (χ1v) is 22.6. The monoisotopic (exact) mass is 906 g/mol. The van der Waals surface area contributed by atoms with Crippen molar-refractivity contribution in [2.75, 3.05) is 0 Å². The highest BCUT2D eigenvalue weighted by Gasteiger charge is 2.78. The van der Waals surface area contributed by atoms with Gasteiger partial charge in [-0.25, -0.2) is 19.2 Å². The largest absolute Gasteiger partial charge is 0.483 e. The van der Waals surface area contributed by atoms with Gasteiger partial charge in [-0.3, -0.25) is 9.59 Å². The minimum Gasteiger partial charge on any atom is -0.483 e. The third-order valence-electron chi connectivity index (χ3n) is 17.2. The molecule has 4 aliphatic heterocycles. The molecule has 2 aromatic carbocycles. The van der Waals surface area contributed by atoms with Crippen molar-refractivity contribution >= 4 is 51.9 Å². The highest BCUT2D eigenvalue weighted by atomic mass is 16.7. The van der Waals surface area contributed by atoms with Crippen LogP contribution in [0.4, 0.5) is 0 Å². The maximum absolute atomic E-state index is 14.5. The Bertz CT molecular complexity index is 3020. The van der Waals surface area contributed by atoms with Crippen LogP contribution in [0.15, 0.2) is 48.8 Å². The van der Waals surface area contributed by atoms with E-state index < -0.39 is 80.2 Å². The molecule has 350 valence electrons. The Morgan fingerprint density at radius 2 is 1.03 bits per heavy atom. The number of rotatable bonds is 4. The van der Waals surface area contributed by atoms with Gasteiger partial charge in [-0.2, -0.15) is 0 Å². The highest BCUT2D eigenvalue weighted by molar-refractivity contribution is 5.96. The molecule has 6 heterocycles. The van der Waals surface area contributed by atoms with Gasteiger partial charge in [0.2, 0.25) is 11.2 Å². The summed E-state index contributed by atoms with van der Waals surface area (Å²) in [6.45, 7) is 25.4. The third-order valence-corrected chi connectivity index (χ3v) is 17.2. The maximum Gasteiger partial charge on any atom is 0.351 e. The molecule has 2 aromatic heterocycles. The Balaban J connectivity index is 0.000000239. The predicted octanol–water partition coefficient (Wildman–Crippen LogP) is 8.91. The van der Waals surface area contributed by atoms with Crippen LogP contribution >= 0.6 is 0 Å². The number of benzene rings is 2. The highest BCUT2D eigenvalue weighted by Crippen LogP contribution is 2.68. The quantitative estimate of drug-likeness (QED) is 0.107. The summed E-state index contributed by atoms with van der Waals surface area (Å²) in [5, 5.41) is 1.55. The molecule has 14 nitrogen and oxygen atoms in total. The number of carbonyl (C=O) groups excluding carboxylic acids is 4. The average Bonchev–Trinajstić information content (AvgIpc) is 3.70. The molecule has 2 saturated carbocycles. The number of esters is 4. The summed E-state index contributed by atoms with van der Waals surface area (Å²) in [7, 11) is 0. The molecule has 2 saturated heterocycles. The van der Waals surface area contributed by atoms with E-state index in [1.54, 1.807) is 60.6 Å². The van der Waals surface area contributed by atoms with Gasteiger partial charge in [-0.15, -0.1) is 0 Å². The number of carbonyl (C=O) groups is 4. The summed E-state index contributed by atoms with van der Waals surface area (Å²) in [6.07, 6.45) is 2.67. The van der Waals surface area contributed by atoms with Crippen molar-refractivity contribution in [1.29, 1.82) is 0 Å². The van der Waals surface area contributed by atoms with Crippen molar-refractivity contribution in [1.82, 2.24) is 0 Å². The van der Waals surface area contributed by atoms with E-state index in [2.05, 4.69) is 0 Å². The Morgan fingerprint density at radius 3 is 1.52 bits per heavy atom. The molecule has 6 atom stereocenters. The third kappa shape index (κ3) is 5.71. The van der Waals surface area contributed by atoms with Crippen LogP contribution < -0.4 is 20.7 Å². The lowest BCUT2D eigenvalue weighted by Crippen LogP contribution is -2.57. The van der Waals surface area contributed by atoms with Gasteiger partial charge >= 0.3 is 35.1 Å². The van der Waals surface area contributed by atoms with Crippen molar-refractivity contribution in [2.24, 2.45) is 21.7 Å². The van der Waals surface area contributed by atoms with Gasteiger partial charge in [0.05, 0.1) is 22.0 Å². The molecule has 6 unspecified atom stereocenters. The zero-order chi connectivity index (χ0) is 48.3. The molecule has 66 heavy (non-hydrogen) atoms. The molecule has 4 fully saturated rings. The summed E-state index contributed by atoms with van der Waals surface area (Å²) in [4.78, 5) is 79.9. The number of hydrogen-bond donors (Lipinski definition) is 0. The van der Waals surface area contributed by atoms with Gasteiger partial charge in [-0.05, 0) is 142 Å². The summed E-state index contributed by atoms with van der Waals surface area (Å²) in [6, 6.07) is 7.37. The fraction of sp³-hybridized carbons (Fsp3) is 0.538.